The predicted octanol–water partition coefficient (Wildman–Crippen LogP) is 4.38. The summed E-state index contributed by atoms with van der Waals surface area (Å²) in [5.74, 6) is 1.87. The number of aryl methyl sites for hydroxylation is 2. The average molecular weight is 299 g/mol. The van der Waals surface area contributed by atoms with Crippen molar-refractivity contribution in [1.29, 1.82) is 0 Å². The third-order valence-electron chi connectivity index (χ3n) is 3.62. The first kappa shape index (κ1) is 16.2. The number of hydrogen-bond acceptors (Lipinski definition) is 3. The first-order valence-corrected chi connectivity index (χ1v) is 7.90. The van der Waals surface area contributed by atoms with E-state index >= 15 is 0 Å². The smallest absolute Gasteiger partial charge is 0.124 e. The highest BCUT2D eigenvalue weighted by atomic mass is 16.5. The van der Waals surface area contributed by atoms with Gasteiger partial charge < -0.3 is 15.2 Å². The maximum atomic E-state index is 5.85. The molecule has 2 aromatic rings. The van der Waals surface area contributed by atoms with Crippen LogP contribution < -0.4 is 15.2 Å². The highest BCUT2D eigenvalue weighted by molar-refractivity contribution is 5.47. The number of ether oxygens (including phenoxy) is 2. The molecule has 2 aromatic carbocycles. The zero-order chi connectivity index (χ0) is 15.8. The number of unbranched alkanes of at least 4 members (excludes halogenated alkanes) is 1. The van der Waals surface area contributed by atoms with Crippen LogP contribution in [0.3, 0.4) is 0 Å². The van der Waals surface area contributed by atoms with Gasteiger partial charge in [-0.3, -0.25) is 0 Å². The van der Waals surface area contributed by atoms with E-state index in [1.54, 1.807) is 0 Å². The molecule has 2 N–H and O–H groups in total. The van der Waals surface area contributed by atoms with Crippen LogP contribution in [-0.2, 0) is 6.42 Å². The maximum absolute atomic E-state index is 5.85. The van der Waals surface area contributed by atoms with Crippen LogP contribution in [0.2, 0.25) is 0 Å². The van der Waals surface area contributed by atoms with E-state index in [0.717, 1.165) is 48.6 Å². The van der Waals surface area contributed by atoms with Crippen LogP contribution in [0.15, 0.2) is 42.5 Å². The van der Waals surface area contributed by atoms with E-state index in [4.69, 9.17) is 15.2 Å². The summed E-state index contributed by atoms with van der Waals surface area (Å²) < 4.78 is 11.6. The van der Waals surface area contributed by atoms with Crippen molar-refractivity contribution < 1.29 is 9.47 Å². The quantitative estimate of drug-likeness (QED) is 0.581. The van der Waals surface area contributed by atoms with E-state index in [1.165, 1.54) is 5.56 Å². The normalized spacial score (nSPS) is 10.5. The third-order valence-corrected chi connectivity index (χ3v) is 3.62. The number of hydrogen-bond donors (Lipinski definition) is 1. The minimum atomic E-state index is 0.684. The van der Waals surface area contributed by atoms with Gasteiger partial charge in [-0.2, -0.15) is 0 Å². The van der Waals surface area contributed by atoms with Gasteiger partial charge in [-0.05, 0) is 49.4 Å². The van der Waals surface area contributed by atoms with E-state index in [1.807, 2.05) is 43.3 Å². The summed E-state index contributed by atoms with van der Waals surface area (Å²) in [4.78, 5) is 0. The summed E-state index contributed by atoms with van der Waals surface area (Å²) in [6.45, 7) is 5.57. The lowest BCUT2D eigenvalue weighted by Crippen LogP contribution is -2.04. The molecule has 0 spiro atoms. The number of benzene rings is 2. The minimum absolute atomic E-state index is 0.684. The number of nitrogens with two attached hydrogens (primary N) is 1. The topological polar surface area (TPSA) is 44.5 Å². The summed E-state index contributed by atoms with van der Waals surface area (Å²) in [7, 11) is 0. The molecule has 3 heteroatoms. The molecule has 0 saturated heterocycles. The molecule has 22 heavy (non-hydrogen) atoms. The van der Waals surface area contributed by atoms with E-state index in [-0.39, 0.29) is 0 Å². The number of anilines is 1. The fourth-order valence-corrected chi connectivity index (χ4v) is 2.28. The second-order valence-electron chi connectivity index (χ2n) is 5.39. The first-order chi connectivity index (χ1) is 10.7. The van der Waals surface area contributed by atoms with Gasteiger partial charge in [0, 0.05) is 11.8 Å². The molecule has 0 saturated carbocycles. The van der Waals surface area contributed by atoms with E-state index in [0.29, 0.717) is 6.61 Å². The highest BCUT2D eigenvalue weighted by Crippen LogP contribution is 2.21. The van der Waals surface area contributed by atoms with E-state index in [2.05, 4.69) is 13.0 Å². The van der Waals surface area contributed by atoms with Crippen LogP contribution in [0.5, 0.6) is 11.5 Å². The fraction of sp³-hybridized carbons (Fsp3) is 0.368. The van der Waals surface area contributed by atoms with Crippen LogP contribution in [-0.4, -0.2) is 13.2 Å². The Hall–Kier alpha value is -2.16. The van der Waals surface area contributed by atoms with Gasteiger partial charge in [-0.25, -0.2) is 0 Å². The minimum Gasteiger partial charge on any atom is -0.493 e. The molecule has 0 fully saturated rings. The SMILES string of the molecule is CCc1ccccc1OCCCCOc1cc(N)ccc1C. The number of rotatable bonds is 8. The van der Waals surface area contributed by atoms with Crippen molar-refractivity contribution in [1.82, 2.24) is 0 Å². The maximum Gasteiger partial charge on any atom is 0.124 e. The monoisotopic (exact) mass is 299 g/mol. The Morgan fingerprint density at radius 3 is 2.32 bits per heavy atom. The van der Waals surface area contributed by atoms with Gasteiger partial charge in [0.25, 0.3) is 0 Å². The second kappa shape index (κ2) is 8.32. The van der Waals surface area contributed by atoms with Gasteiger partial charge >= 0.3 is 0 Å². The molecule has 0 heterocycles. The fourth-order valence-electron chi connectivity index (χ4n) is 2.28. The molecule has 0 atom stereocenters. The lowest BCUT2D eigenvalue weighted by atomic mass is 10.1. The average Bonchev–Trinajstić information content (AvgIpc) is 2.54. The van der Waals surface area contributed by atoms with Gasteiger partial charge in [-0.1, -0.05) is 31.2 Å². The molecule has 3 nitrogen and oxygen atoms in total. The number of nitrogen functional groups attached to an aromatic ring is 1. The van der Waals surface area contributed by atoms with Gasteiger partial charge in [0.05, 0.1) is 13.2 Å². The van der Waals surface area contributed by atoms with Crippen LogP contribution in [0.25, 0.3) is 0 Å². The number of para-hydroxylation sites is 1. The van der Waals surface area contributed by atoms with Crippen molar-refractivity contribution in [2.75, 3.05) is 18.9 Å². The summed E-state index contributed by atoms with van der Waals surface area (Å²) in [5.41, 5.74) is 8.88. The second-order valence-corrected chi connectivity index (χ2v) is 5.39. The predicted molar refractivity (Wildman–Crippen MR) is 91.6 cm³/mol. The lowest BCUT2D eigenvalue weighted by molar-refractivity contribution is 0.264. The van der Waals surface area contributed by atoms with Crippen molar-refractivity contribution in [3.05, 3.63) is 53.6 Å². The Bertz CT molecular complexity index is 596. The molecule has 118 valence electrons. The van der Waals surface area contributed by atoms with Gasteiger partial charge in [0.1, 0.15) is 11.5 Å². The molecule has 0 aromatic heterocycles. The summed E-state index contributed by atoms with van der Waals surface area (Å²) >= 11 is 0. The Morgan fingerprint density at radius 2 is 1.59 bits per heavy atom. The van der Waals surface area contributed by atoms with Crippen LogP contribution in [0.4, 0.5) is 5.69 Å². The van der Waals surface area contributed by atoms with Crippen LogP contribution in [0, 0.1) is 6.92 Å². The summed E-state index contributed by atoms with van der Waals surface area (Å²) in [5, 5.41) is 0. The molecule has 0 bridgehead atoms. The summed E-state index contributed by atoms with van der Waals surface area (Å²) in [6, 6.07) is 14.0. The lowest BCUT2D eigenvalue weighted by Gasteiger charge is -2.11. The largest absolute Gasteiger partial charge is 0.493 e. The third kappa shape index (κ3) is 4.69. The highest BCUT2D eigenvalue weighted by Gasteiger charge is 2.02. The first-order valence-electron chi connectivity index (χ1n) is 7.90. The molecule has 0 radical (unpaired) electrons. The Morgan fingerprint density at radius 1 is 0.909 bits per heavy atom. The molecule has 2 rings (SSSR count). The summed E-state index contributed by atoms with van der Waals surface area (Å²) in [6.07, 6.45) is 2.93. The standard InChI is InChI=1S/C19H25NO2/c1-3-16-8-4-5-9-18(16)21-12-6-7-13-22-19-14-17(20)11-10-15(19)2/h4-5,8-11,14H,3,6-7,12-13,20H2,1-2H3. The Labute approximate surface area is 133 Å². The van der Waals surface area contributed by atoms with Gasteiger partial charge in [-0.15, -0.1) is 0 Å². The van der Waals surface area contributed by atoms with Crippen LogP contribution >= 0.6 is 0 Å². The van der Waals surface area contributed by atoms with Crippen molar-refractivity contribution in [2.45, 2.75) is 33.1 Å². The molecule has 0 aliphatic carbocycles. The molecule has 0 aliphatic rings. The van der Waals surface area contributed by atoms with Crippen molar-refractivity contribution in [3.63, 3.8) is 0 Å². The molecular formula is C19H25NO2. The van der Waals surface area contributed by atoms with E-state index < -0.39 is 0 Å². The van der Waals surface area contributed by atoms with Crippen molar-refractivity contribution in [3.8, 4) is 11.5 Å². The Balaban J connectivity index is 1.68. The van der Waals surface area contributed by atoms with Crippen molar-refractivity contribution >= 4 is 5.69 Å². The van der Waals surface area contributed by atoms with Crippen molar-refractivity contribution in [2.24, 2.45) is 0 Å². The molecule has 0 aliphatic heterocycles. The van der Waals surface area contributed by atoms with Crippen LogP contribution in [0.1, 0.15) is 30.9 Å². The zero-order valence-electron chi connectivity index (χ0n) is 13.5. The zero-order valence-corrected chi connectivity index (χ0v) is 13.5. The Kier molecular flexibility index (Phi) is 6.13. The van der Waals surface area contributed by atoms with Gasteiger partial charge in [0.15, 0.2) is 0 Å². The molecule has 0 amide bonds. The molecule has 0 unspecified atom stereocenters. The molecular weight excluding hydrogens is 274 g/mol. The van der Waals surface area contributed by atoms with Gasteiger partial charge in [0.2, 0.25) is 0 Å². The van der Waals surface area contributed by atoms with E-state index in [9.17, 15) is 0 Å².